The van der Waals surface area contributed by atoms with E-state index >= 15 is 0 Å². The van der Waals surface area contributed by atoms with Crippen LogP contribution in [-0.2, 0) is 11.3 Å². The molecule has 0 saturated heterocycles. The second kappa shape index (κ2) is 11.0. The summed E-state index contributed by atoms with van der Waals surface area (Å²) in [5, 5.41) is 31.7. The molecule has 0 radical (unpaired) electrons. The summed E-state index contributed by atoms with van der Waals surface area (Å²) >= 11 is 5.95. The molecule has 0 heterocycles. The van der Waals surface area contributed by atoms with Gasteiger partial charge in [0.1, 0.15) is 0 Å². The van der Waals surface area contributed by atoms with Crippen LogP contribution in [0.5, 0.6) is 0 Å². The number of rotatable bonds is 10. The largest absolute Gasteiger partial charge is 0.481 e. The molecule has 2 aromatic rings. The first kappa shape index (κ1) is 22.8. The fourth-order valence-electron chi connectivity index (χ4n) is 4.47. The van der Waals surface area contributed by atoms with E-state index in [0.29, 0.717) is 25.1 Å². The number of carboxylic acids is 1. The molecule has 1 aliphatic rings. The number of benzene rings is 2. The first-order chi connectivity index (χ1) is 14.4. The Balaban J connectivity index is 1.46. The van der Waals surface area contributed by atoms with E-state index in [0.717, 1.165) is 42.1 Å². The second-order valence-corrected chi connectivity index (χ2v) is 8.72. The highest BCUT2D eigenvalue weighted by Gasteiger charge is 2.38. The third kappa shape index (κ3) is 6.57. The van der Waals surface area contributed by atoms with Gasteiger partial charge in [0.05, 0.1) is 5.92 Å². The third-order valence-electron chi connectivity index (χ3n) is 6.04. The van der Waals surface area contributed by atoms with E-state index in [4.69, 9.17) is 21.6 Å². The van der Waals surface area contributed by atoms with E-state index in [9.17, 15) is 9.90 Å². The van der Waals surface area contributed by atoms with Crippen molar-refractivity contribution in [2.75, 3.05) is 6.54 Å². The molecule has 0 amide bonds. The van der Waals surface area contributed by atoms with Gasteiger partial charge in [-0.25, -0.2) is 0 Å². The predicted octanol–water partition coefficient (Wildman–Crippen LogP) is 4.08. The molecule has 3 rings (SSSR count). The Morgan fingerprint density at radius 1 is 1.03 bits per heavy atom. The lowest BCUT2D eigenvalue weighted by Crippen LogP contribution is -2.21. The molecule has 160 valence electrons. The van der Waals surface area contributed by atoms with Crippen molar-refractivity contribution in [2.24, 2.45) is 17.8 Å². The molecule has 0 bridgehead atoms. The van der Waals surface area contributed by atoms with Crippen molar-refractivity contribution >= 4 is 24.7 Å². The molecule has 5 nitrogen and oxygen atoms in total. The zero-order chi connectivity index (χ0) is 21.5. The van der Waals surface area contributed by atoms with Gasteiger partial charge in [0.15, 0.2) is 0 Å². The predicted molar refractivity (Wildman–Crippen MR) is 120 cm³/mol. The SMILES string of the molecule is O=C(O)C1CC(CNCc2ccc(-c3ccc(Cl)cc3)cc2)C[C@@H]1CCCB(O)O. The van der Waals surface area contributed by atoms with E-state index in [1.807, 2.05) is 24.3 Å². The van der Waals surface area contributed by atoms with Crippen molar-refractivity contribution in [1.29, 1.82) is 0 Å². The maximum atomic E-state index is 11.6. The fourth-order valence-corrected chi connectivity index (χ4v) is 4.59. The molecule has 2 aromatic carbocycles. The van der Waals surface area contributed by atoms with Gasteiger partial charge >= 0.3 is 13.1 Å². The number of hydrogen-bond donors (Lipinski definition) is 4. The van der Waals surface area contributed by atoms with E-state index in [2.05, 4.69) is 29.6 Å². The van der Waals surface area contributed by atoms with Crippen LogP contribution in [0.2, 0.25) is 11.3 Å². The minimum absolute atomic E-state index is 0.117. The molecule has 1 saturated carbocycles. The highest BCUT2D eigenvalue weighted by atomic mass is 35.5. The highest BCUT2D eigenvalue weighted by Crippen LogP contribution is 2.39. The highest BCUT2D eigenvalue weighted by molar-refractivity contribution is 6.40. The topological polar surface area (TPSA) is 89.8 Å². The second-order valence-electron chi connectivity index (χ2n) is 8.29. The van der Waals surface area contributed by atoms with Gasteiger partial charge < -0.3 is 20.5 Å². The first-order valence-electron chi connectivity index (χ1n) is 10.6. The summed E-state index contributed by atoms with van der Waals surface area (Å²) in [6.07, 6.45) is 3.24. The van der Waals surface area contributed by atoms with Crippen molar-refractivity contribution in [1.82, 2.24) is 5.32 Å². The zero-order valence-corrected chi connectivity index (χ0v) is 17.8. The normalized spacial score (nSPS) is 21.0. The average Bonchev–Trinajstić information content (AvgIpc) is 3.12. The fraction of sp³-hybridized carbons (Fsp3) is 0.435. The van der Waals surface area contributed by atoms with E-state index < -0.39 is 13.1 Å². The summed E-state index contributed by atoms with van der Waals surface area (Å²) in [5.41, 5.74) is 3.46. The number of carbonyl (C=O) groups is 1. The molecule has 30 heavy (non-hydrogen) atoms. The van der Waals surface area contributed by atoms with Crippen molar-refractivity contribution < 1.29 is 19.9 Å². The Kier molecular flexibility index (Phi) is 8.34. The molecule has 2 unspecified atom stereocenters. The van der Waals surface area contributed by atoms with Gasteiger partial charge in [0.25, 0.3) is 0 Å². The Hall–Kier alpha value is -1.86. The van der Waals surface area contributed by atoms with Gasteiger partial charge in [-0.15, -0.1) is 0 Å². The average molecular weight is 430 g/mol. The van der Waals surface area contributed by atoms with Crippen LogP contribution < -0.4 is 5.32 Å². The third-order valence-corrected chi connectivity index (χ3v) is 6.29. The summed E-state index contributed by atoms with van der Waals surface area (Å²) in [7, 11) is -1.31. The summed E-state index contributed by atoms with van der Waals surface area (Å²) < 4.78 is 0. The lowest BCUT2D eigenvalue weighted by atomic mass is 9.80. The summed E-state index contributed by atoms with van der Waals surface area (Å²) in [5.74, 6) is -0.605. The number of carboxylic acid groups (broad SMARTS) is 1. The first-order valence-corrected chi connectivity index (χ1v) is 10.9. The van der Waals surface area contributed by atoms with Crippen molar-refractivity contribution in [3.63, 3.8) is 0 Å². The van der Waals surface area contributed by atoms with Gasteiger partial charge in [0, 0.05) is 11.6 Å². The number of aliphatic carboxylic acids is 1. The van der Waals surface area contributed by atoms with Crippen LogP contribution in [0.4, 0.5) is 0 Å². The molecule has 0 spiro atoms. The standard InChI is InChI=1S/C23H29BClNO4/c25-21-9-7-19(8-10-21)18-5-3-16(4-6-18)14-26-15-17-12-20(2-1-11-24(29)30)22(13-17)23(27)28/h3-10,17,20,22,26,29-30H,1-2,11-15H2,(H,27,28)/t17?,20-,22?/m0/s1. The summed E-state index contributed by atoms with van der Waals surface area (Å²) in [4.78, 5) is 11.6. The van der Waals surface area contributed by atoms with Crippen LogP contribution in [-0.4, -0.2) is 34.8 Å². The van der Waals surface area contributed by atoms with Gasteiger partial charge in [-0.1, -0.05) is 60.8 Å². The molecular formula is C23H29BClNO4. The van der Waals surface area contributed by atoms with Crippen LogP contribution in [0.15, 0.2) is 48.5 Å². The molecule has 3 atom stereocenters. The molecular weight excluding hydrogens is 401 g/mol. The monoisotopic (exact) mass is 429 g/mol. The molecule has 0 aliphatic heterocycles. The molecule has 0 aromatic heterocycles. The molecule has 1 fully saturated rings. The van der Waals surface area contributed by atoms with E-state index in [1.54, 1.807) is 0 Å². The van der Waals surface area contributed by atoms with Gasteiger partial charge in [-0.3, -0.25) is 4.79 Å². The van der Waals surface area contributed by atoms with E-state index in [-0.39, 0.29) is 11.8 Å². The van der Waals surface area contributed by atoms with Crippen LogP contribution in [0, 0.1) is 17.8 Å². The number of nitrogens with one attached hydrogen (secondary N) is 1. The minimum atomic E-state index is -1.31. The van der Waals surface area contributed by atoms with Gasteiger partial charge in [-0.2, -0.15) is 0 Å². The van der Waals surface area contributed by atoms with Crippen LogP contribution >= 0.6 is 11.6 Å². The molecule has 7 heteroatoms. The van der Waals surface area contributed by atoms with Crippen molar-refractivity contribution in [2.45, 2.75) is 38.5 Å². The molecule has 1 aliphatic carbocycles. The Bertz CT molecular complexity index is 813. The number of hydrogen-bond acceptors (Lipinski definition) is 4. The molecule has 4 N–H and O–H groups in total. The van der Waals surface area contributed by atoms with Crippen molar-refractivity contribution in [3.8, 4) is 11.1 Å². The van der Waals surface area contributed by atoms with Crippen LogP contribution in [0.3, 0.4) is 0 Å². The Morgan fingerprint density at radius 3 is 2.27 bits per heavy atom. The van der Waals surface area contributed by atoms with Gasteiger partial charge in [0.2, 0.25) is 0 Å². The zero-order valence-electron chi connectivity index (χ0n) is 17.0. The summed E-state index contributed by atoms with van der Waals surface area (Å²) in [6.45, 7) is 1.54. The Labute approximate surface area is 183 Å². The maximum Gasteiger partial charge on any atom is 0.451 e. The van der Waals surface area contributed by atoms with E-state index in [1.165, 1.54) is 5.56 Å². The minimum Gasteiger partial charge on any atom is -0.481 e. The lowest BCUT2D eigenvalue weighted by molar-refractivity contribution is -0.143. The maximum absolute atomic E-state index is 11.6. The van der Waals surface area contributed by atoms with Crippen LogP contribution in [0.25, 0.3) is 11.1 Å². The van der Waals surface area contributed by atoms with Gasteiger partial charge in [-0.05, 0) is 66.4 Å². The van der Waals surface area contributed by atoms with Crippen molar-refractivity contribution in [3.05, 3.63) is 59.1 Å². The number of halogens is 1. The lowest BCUT2D eigenvalue weighted by Gasteiger charge is -2.15. The van der Waals surface area contributed by atoms with Crippen LogP contribution in [0.1, 0.15) is 31.2 Å². The quantitative estimate of drug-likeness (QED) is 0.427. The smallest absolute Gasteiger partial charge is 0.451 e. The Morgan fingerprint density at radius 2 is 1.67 bits per heavy atom. The summed E-state index contributed by atoms with van der Waals surface area (Å²) in [6, 6.07) is 16.2.